The van der Waals surface area contributed by atoms with Gasteiger partial charge in [0.2, 0.25) is 5.91 Å². The number of amides is 1. The van der Waals surface area contributed by atoms with E-state index in [1.54, 1.807) is 0 Å². The second kappa shape index (κ2) is 9.04. The molecule has 1 aliphatic rings. The fourth-order valence-corrected chi connectivity index (χ4v) is 3.26. The maximum absolute atomic E-state index is 11.8. The smallest absolute Gasteiger partial charge is 0.303 e. The van der Waals surface area contributed by atoms with Crippen molar-refractivity contribution in [3.05, 3.63) is 12.0 Å². The average Bonchev–Trinajstić information content (AvgIpc) is 3.22. The Kier molecular flexibility index (Phi) is 6.44. The highest BCUT2D eigenvalue weighted by atomic mass is 16.6. The number of H-pyrrole nitrogens is 1. The molecule has 1 aliphatic heterocycles. The Bertz CT molecular complexity index is 1020. The zero-order valence-electron chi connectivity index (χ0n) is 17.2. The van der Waals surface area contributed by atoms with Crippen LogP contribution < -0.4 is 5.32 Å². The standard InChI is InChI=1S/C18H21N5O8/c1-7(24)21-18-14-12(19-6-20-18)13(22-23-14)16-17(30-10(4)27)15(29-9(3)26)11(31-16)5-28-8(2)25/h6,11,15-17H,5H2,1-4H3,(H,22,23)(H,19,20,21,24)/t11-,15+,16+,17-/m0/s1. The summed E-state index contributed by atoms with van der Waals surface area (Å²) in [6.07, 6.45) is -2.82. The minimum Gasteiger partial charge on any atom is -0.463 e. The molecule has 2 aromatic rings. The van der Waals surface area contributed by atoms with Crippen LogP contribution in [0, 0.1) is 0 Å². The van der Waals surface area contributed by atoms with E-state index >= 15 is 0 Å². The van der Waals surface area contributed by atoms with E-state index in [9.17, 15) is 19.2 Å². The number of nitrogens with zero attached hydrogens (tertiary/aromatic N) is 3. The Morgan fingerprint density at radius 2 is 1.68 bits per heavy atom. The third-order valence-electron chi connectivity index (χ3n) is 4.31. The normalized spacial score (nSPS) is 22.7. The minimum atomic E-state index is -1.08. The lowest BCUT2D eigenvalue weighted by Crippen LogP contribution is -2.40. The number of hydrogen-bond donors (Lipinski definition) is 2. The molecule has 0 saturated carbocycles. The van der Waals surface area contributed by atoms with Gasteiger partial charge in [-0.1, -0.05) is 0 Å². The van der Waals surface area contributed by atoms with E-state index in [1.807, 2.05) is 0 Å². The topological polar surface area (TPSA) is 172 Å². The van der Waals surface area contributed by atoms with Crippen molar-refractivity contribution in [2.45, 2.75) is 52.1 Å². The molecule has 0 bridgehead atoms. The molecule has 13 nitrogen and oxygen atoms in total. The van der Waals surface area contributed by atoms with Crippen LogP contribution in [0.25, 0.3) is 11.0 Å². The summed E-state index contributed by atoms with van der Waals surface area (Å²) in [6.45, 7) is 4.70. The number of carbonyl (C=O) groups excluding carboxylic acids is 4. The van der Waals surface area contributed by atoms with E-state index in [4.69, 9.17) is 18.9 Å². The largest absolute Gasteiger partial charge is 0.463 e. The molecule has 1 fully saturated rings. The number of hydrogen-bond acceptors (Lipinski definition) is 11. The monoisotopic (exact) mass is 435 g/mol. The molecule has 3 rings (SSSR count). The molecule has 1 amide bonds. The van der Waals surface area contributed by atoms with Gasteiger partial charge in [0.15, 0.2) is 23.5 Å². The van der Waals surface area contributed by atoms with Crippen LogP contribution in [0.4, 0.5) is 5.82 Å². The van der Waals surface area contributed by atoms with Gasteiger partial charge in [0.05, 0.1) is 5.69 Å². The van der Waals surface area contributed by atoms with E-state index < -0.39 is 42.3 Å². The van der Waals surface area contributed by atoms with Crippen LogP contribution in [0.5, 0.6) is 0 Å². The number of ether oxygens (including phenoxy) is 4. The lowest BCUT2D eigenvalue weighted by Gasteiger charge is -2.23. The van der Waals surface area contributed by atoms with Crippen molar-refractivity contribution in [1.29, 1.82) is 0 Å². The molecule has 166 valence electrons. The second-order valence-electron chi connectivity index (χ2n) is 6.78. The summed E-state index contributed by atoms with van der Waals surface area (Å²) in [5, 5.41) is 9.45. The number of aromatic nitrogens is 4. The number of aromatic amines is 1. The second-order valence-corrected chi connectivity index (χ2v) is 6.78. The lowest BCUT2D eigenvalue weighted by atomic mass is 10.0. The van der Waals surface area contributed by atoms with E-state index in [-0.39, 0.29) is 23.8 Å². The maximum atomic E-state index is 11.8. The van der Waals surface area contributed by atoms with Gasteiger partial charge in [-0.25, -0.2) is 9.97 Å². The van der Waals surface area contributed by atoms with Crippen molar-refractivity contribution >= 4 is 40.7 Å². The number of nitrogens with one attached hydrogen (secondary N) is 2. The highest BCUT2D eigenvalue weighted by molar-refractivity contribution is 5.96. The van der Waals surface area contributed by atoms with Crippen molar-refractivity contribution in [3.63, 3.8) is 0 Å². The highest BCUT2D eigenvalue weighted by Crippen LogP contribution is 2.39. The molecule has 0 radical (unpaired) electrons. The summed E-state index contributed by atoms with van der Waals surface area (Å²) in [7, 11) is 0. The van der Waals surface area contributed by atoms with Crippen LogP contribution in [0.2, 0.25) is 0 Å². The molecule has 13 heteroatoms. The van der Waals surface area contributed by atoms with E-state index in [0.717, 1.165) is 0 Å². The molecule has 0 spiro atoms. The van der Waals surface area contributed by atoms with Crippen LogP contribution in [-0.2, 0) is 38.1 Å². The first-order chi connectivity index (χ1) is 14.7. The highest BCUT2D eigenvalue weighted by Gasteiger charge is 2.51. The van der Waals surface area contributed by atoms with Gasteiger partial charge in [-0.3, -0.25) is 24.3 Å². The fraction of sp³-hybridized carbons (Fsp3) is 0.500. The summed E-state index contributed by atoms with van der Waals surface area (Å²) in [5.41, 5.74) is 0.860. The quantitative estimate of drug-likeness (QED) is 0.468. The Balaban J connectivity index is 2.02. The summed E-state index contributed by atoms with van der Waals surface area (Å²) < 4.78 is 21.7. The summed E-state index contributed by atoms with van der Waals surface area (Å²) in [6, 6.07) is 0. The number of rotatable bonds is 6. The summed E-state index contributed by atoms with van der Waals surface area (Å²) in [4.78, 5) is 54.3. The Hall–Kier alpha value is -3.61. The van der Waals surface area contributed by atoms with Crippen molar-refractivity contribution in [2.75, 3.05) is 11.9 Å². The minimum absolute atomic E-state index is 0.176. The SMILES string of the molecule is CC(=O)Nc1ncnc2c([C@H]3O[C@@H](COC(C)=O)[C@@H](OC(C)=O)[C@@H]3OC(C)=O)[nH]nc12. The molecule has 31 heavy (non-hydrogen) atoms. The molecule has 2 N–H and O–H groups in total. The van der Waals surface area contributed by atoms with Gasteiger partial charge >= 0.3 is 17.9 Å². The average molecular weight is 435 g/mol. The first-order valence-corrected chi connectivity index (χ1v) is 9.27. The maximum Gasteiger partial charge on any atom is 0.303 e. The predicted molar refractivity (Wildman–Crippen MR) is 101 cm³/mol. The van der Waals surface area contributed by atoms with Gasteiger partial charge in [-0.05, 0) is 0 Å². The summed E-state index contributed by atoms with van der Waals surface area (Å²) >= 11 is 0. The van der Waals surface area contributed by atoms with E-state index in [0.29, 0.717) is 11.2 Å². The molecule has 2 aromatic heterocycles. The predicted octanol–water partition coefficient (Wildman–Crippen LogP) is 0.178. The first-order valence-electron chi connectivity index (χ1n) is 9.27. The van der Waals surface area contributed by atoms with Crippen molar-refractivity contribution in [1.82, 2.24) is 20.2 Å². The molecule has 0 unspecified atom stereocenters. The molecular formula is C18H21N5O8. The van der Waals surface area contributed by atoms with E-state index in [1.165, 1.54) is 34.0 Å². The Morgan fingerprint density at radius 3 is 2.29 bits per heavy atom. The Labute approximate surface area is 175 Å². The van der Waals surface area contributed by atoms with Crippen LogP contribution in [-0.4, -0.2) is 68.9 Å². The van der Waals surface area contributed by atoms with Crippen molar-refractivity contribution in [3.8, 4) is 0 Å². The number of fused-ring (bicyclic) bond motifs is 1. The zero-order chi connectivity index (χ0) is 22.7. The van der Waals surface area contributed by atoms with Crippen LogP contribution in [0.15, 0.2) is 6.33 Å². The first kappa shape index (κ1) is 22.1. The van der Waals surface area contributed by atoms with Gasteiger partial charge in [0.1, 0.15) is 30.7 Å². The zero-order valence-corrected chi connectivity index (χ0v) is 17.2. The summed E-state index contributed by atoms with van der Waals surface area (Å²) in [5.74, 6) is -2.01. The fourth-order valence-electron chi connectivity index (χ4n) is 3.26. The van der Waals surface area contributed by atoms with Crippen LogP contribution in [0.1, 0.15) is 39.5 Å². The number of anilines is 1. The molecular weight excluding hydrogens is 414 g/mol. The molecule has 4 atom stereocenters. The lowest BCUT2D eigenvalue weighted by molar-refractivity contribution is -0.165. The number of esters is 3. The third-order valence-corrected chi connectivity index (χ3v) is 4.31. The van der Waals surface area contributed by atoms with Gasteiger partial charge in [-0.2, -0.15) is 5.10 Å². The van der Waals surface area contributed by atoms with Gasteiger partial charge in [0.25, 0.3) is 0 Å². The molecule has 0 aromatic carbocycles. The van der Waals surface area contributed by atoms with Crippen LogP contribution >= 0.6 is 0 Å². The number of carbonyl (C=O) groups is 4. The molecule has 1 saturated heterocycles. The van der Waals surface area contributed by atoms with Gasteiger partial charge in [-0.15, -0.1) is 0 Å². The van der Waals surface area contributed by atoms with Crippen molar-refractivity contribution in [2.24, 2.45) is 0 Å². The van der Waals surface area contributed by atoms with Gasteiger partial charge in [0, 0.05) is 27.7 Å². The molecule has 3 heterocycles. The van der Waals surface area contributed by atoms with Crippen molar-refractivity contribution < 1.29 is 38.1 Å². The van der Waals surface area contributed by atoms with E-state index in [2.05, 4.69) is 25.5 Å². The molecule has 0 aliphatic carbocycles. The van der Waals surface area contributed by atoms with Crippen LogP contribution in [0.3, 0.4) is 0 Å². The van der Waals surface area contributed by atoms with Gasteiger partial charge < -0.3 is 24.3 Å². The third kappa shape index (κ3) is 4.94. The Morgan fingerprint density at radius 1 is 1.00 bits per heavy atom.